The van der Waals surface area contributed by atoms with Crippen molar-refractivity contribution in [1.29, 1.82) is 0 Å². The molecule has 0 aliphatic carbocycles. The summed E-state index contributed by atoms with van der Waals surface area (Å²) in [6, 6.07) is 9.52. The molecule has 21 heavy (non-hydrogen) atoms. The van der Waals surface area contributed by atoms with E-state index in [4.69, 9.17) is 27.9 Å². The minimum Gasteiger partial charge on any atom is -0.482 e. The molecule has 0 aromatic heterocycles. The third-order valence-corrected chi connectivity index (χ3v) is 3.61. The zero-order valence-corrected chi connectivity index (χ0v) is 12.2. The van der Waals surface area contributed by atoms with Gasteiger partial charge < -0.3 is 10.1 Å². The maximum atomic E-state index is 12.5. The van der Waals surface area contributed by atoms with Crippen LogP contribution >= 0.6 is 23.2 Å². The number of amides is 1. The number of fused-ring (bicyclic) bond motifs is 1. The summed E-state index contributed by atoms with van der Waals surface area (Å²) in [7, 11) is 0. The van der Waals surface area contributed by atoms with Gasteiger partial charge in [-0.2, -0.15) is 0 Å². The molecule has 1 aliphatic heterocycles. The van der Waals surface area contributed by atoms with Gasteiger partial charge in [0.1, 0.15) is 5.75 Å². The molecule has 0 saturated heterocycles. The molecule has 106 valence electrons. The second-order valence-electron chi connectivity index (χ2n) is 4.50. The lowest BCUT2D eigenvalue weighted by molar-refractivity contribution is -0.118. The summed E-state index contributed by atoms with van der Waals surface area (Å²) in [4.78, 5) is 23.8. The fourth-order valence-corrected chi connectivity index (χ4v) is 2.43. The highest BCUT2D eigenvalue weighted by atomic mass is 35.5. The number of benzene rings is 2. The predicted octanol–water partition coefficient (Wildman–Crippen LogP) is 3.56. The van der Waals surface area contributed by atoms with Gasteiger partial charge in [-0.25, -0.2) is 0 Å². The summed E-state index contributed by atoms with van der Waals surface area (Å²) in [5.74, 6) is 0.00125. The van der Waals surface area contributed by atoms with E-state index in [1.54, 1.807) is 30.3 Å². The van der Waals surface area contributed by atoms with Gasteiger partial charge in [0.25, 0.3) is 5.91 Å². The highest BCUT2D eigenvalue weighted by Crippen LogP contribution is 2.30. The van der Waals surface area contributed by atoms with E-state index >= 15 is 0 Å². The fourth-order valence-electron chi connectivity index (χ4n) is 2.05. The van der Waals surface area contributed by atoms with Crippen LogP contribution in [0, 0.1) is 0 Å². The quantitative estimate of drug-likeness (QED) is 0.860. The highest BCUT2D eigenvalue weighted by Gasteiger charge is 2.19. The Hall–Kier alpha value is -2.04. The molecule has 4 nitrogen and oxygen atoms in total. The summed E-state index contributed by atoms with van der Waals surface area (Å²) >= 11 is 11.9. The molecule has 1 aliphatic rings. The average Bonchev–Trinajstić information content (AvgIpc) is 2.48. The summed E-state index contributed by atoms with van der Waals surface area (Å²) in [5.41, 5.74) is 1.17. The molecule has 0 radical (unpaired) electrons. The molecule has 0 fully saturated rings. The van der Waals surface area contributed by atoms with E-state index < -0.39 is 0 Å². The molecule has 1 amide bonds. The molecule has 1 N–H and O–H groups in total. The van der Waals surface area contributed by atoms with Crippen LogP contribution in [0.5, 0.6) is 5.75 Å². The number of carbonyl (C=O) groups excluding carboxylic acids is 2. The number of anilines is 1. The highest BCUT2D eigenvalue weighted by molar-refractivity contribution is 6.36. The first-order chi connectivity index (χ1) is 10.0. The van der Waals surface area contributed by atoms with E-state index in [0.29, 0.717) is 32.6 Å². The molecule has 6 heteroatoms. The van der Waals surface area contributed by atoms with E-state index in [1.807, 2.05) is 0 Å². The first kappa shape index (κ1) is 13.9. The van der Waals surface area contributed by atoms with E-state index in [2.05, 4.69) is 5.32 Å². The summed E-state index contributed by atoms with van der Waals surface area (Å²) in [6.07, 6.45) is 0. The van der Waals surface area contributed by atoms with Crippen molar-refractivity contribution in [2.24, 2.45) is 0 Å². The SMILES string of the molecule is O=C1COc2ccc(C(=O)c3cc(Cl)ccc3Cl)cc2N1. The zero-order chi connectivity index (χ0) is 15.0. The Balaban J connectivity index is 2.00. The van der Waals surface area contributed by atoms with Crippen LogP contribution in [0.3, 0.4) is 0 Å². The second kappa shape index (κ2) is 5.39. The zero-order valence-electron chi connectivity index (χ0n) is 10.7. The van der Waals surface area contributed by atoms with Crippen molar-refractivity contribution in [2.75, 3.05) is 11.9 Å². The molecule has 0 saturated carbocycles. The standard InChI is InChI=1S/C15H9Cl2NO3/c16-9-2-3-11(17)10(6-9)15(20)8-1-4-13-12(5-8)18-14(19)7-21-13/h1-6H,7H2,(H,18,19). The topological polar surface area (TPSA) is 55.4 Å². The number of ether oxygens (including phenoxy) is 1. The van der Waals surface area contributed by atoms with Crippen LogP contribution in [0.2, 0.25) is 10.0 Å². The lowest BCUT2D eigenvalue weighted by Gasteiger charge is -2.18. The summed E-state index contributed by atoms with van der Waals surface area (Å²) in [5, 5.41) is 3.41. The van der Waals surface area contributed by atoms with Crippen LogP contribution in [-0.2, 0) is 4.79 Å². The van der Waals surface area contributed by atoms with E-state index in [1.165, 1.54) is 6.07 Å². The largest absolute Gasteiger partial charge is 0.482 e. The first-order valence-corrected chi connectivity index (χ1v) is 6.86. The Morgan fingerprint density at radius 3 is 2.76 bits per heavy atom. The minimum atomic E-state index is -0.273. The molecule has 0 spiro atoms. The normalized spacial score (nSPS) is 13.1. The van der Waals surface area contributed by atoms with E-state index in [0.717, 1.165) is 0 Å². The molecule has 0 bridgehead atoms. The maximum absolute atomic E-state index is 12.5. The van der Waals surface area contributed by atoms with Crippen molar-refractivity contribution in [3.8, 4) is 5.75 Å². The van der Waals surface area contributed by atoms with Gasteiger partial charge in [-0.15, -0.1) is 0 Å². The minimum absolute atomic E-state index is 0.0274. The van der Waals surface area contributed by atoms with Crippen molar-refractivity contribution >= 4 is 40.6 Å². The predicted molar refractivity (Wildman–Crippen MR) is 80.5 cm³/mol. The van der Waals surface area contributed by atoms with Crippen LogP contribution < -0.4 is 10.1 Å². The number of halogens is 2. The Morgan fingerprint density at radius 2 is 1.95 bits per heavy atom. The molecule has 2 aromatic carbocycles. The molecular weight excluding hydrogens is 313 g/mol. The lowest BCUT2D eigenvalue weighted by atomic mass is 10.0. The van der Waals surface area contributed by atoms with E-state index in [-0.39, 0.29) is 18.3 Å². The second-order valence-corrected chi connectivity index (χ2v) is 5.34. The summed E-state index contributed by atoms with van der Waals surface area (Å²) < 4.78 is 5.25. The van der Waals surface area contributed by atoms with Crippen LogP contribution in [0.1, 0.15) is 15.9 Å². The number of ketones is 1. The summed E-state index contributed by atoms with van der Waals surface area (Å²) in [6.45, 7) is -0.0274. The Kier molecular flexibility index (Phi) is 3.57. The van der Waals surface area contributed by atoms with Crippen molar-refractivity contribution < 1.29 is 14.3 Å². The average molecular weight is 322 g/mol. The Bertz CT molecular complexity index is 759. The van der Waals surface area contributed by atoms with Gasteiger partial charge in [0, 0.05) is 16.1 Å². The van der Waals surface area contributed by atoms with Crippen LogP contribution in [0.4, 0.5) is 5.69 Å². The Labute approximate surface area is 130 Å². The molecule has 3 rings (SSSR count). The number of hydrogen-bond acceptors (Lipinski definition) is 3. The Morgan fingerprint density at radius 1 is 1.14 bits per heavy atom. The van der Waals surface area contributed by atoms with Gasteiger partial charge in [0.15, 0.2) is 12.4 Å². The number of rotatable bonds is 2. The van der Waals surface area contributed by atoms with Gasteiger partial charge in [0.2, 0.25) is 0 Å². The van der Waals surface area contributed by atoms with Crippen molar-refractivity contribution in [3.05, 3.63) is 57.6 Å². The third-order valence-electron chi connectivity index (χ3n) is 3.05. The van der Waals surface area contributed by atoms with Gasteiger partial charge in [-0.05, 0) is 36.4 Å². The fraction of sp³-hybridized carbons (Fsp3) is 0.0667. The molecule has 0 unspecified atom stereocenters. The van der Waals surface area contributed by atoms with Gasteiger partial charge in [-0.3, -0.25) is 9.59 Å². The van der Waals surface area contributed by atoms with Gasteiger partial charge in [0.05, 0.1) is 10.7 Å². The molecule has 2 aromatic rings. The van der Waals surface area contributed by atoms with Crippen molar-refractivity contribution in [1.82, 2.24) is 0 Å². The van der Waals surface area contributed by atoms with Crippen LogP contribution in [-0.4, -0.2) is 18.3 Å². The lowest BCUT2D eigenvalue weighted by Crippen LogP contribution is -2.25. The maximum Gasteiger partial charge on any atom is 0.262 e. The first-order valence-electron chi connectivity index (χ1n) is 6.11. The number of nitrogens with one attached hydrogen (secondary N) is 1. The smallest absolute Gasteiger partial charge is 0.262 e. The van der Waals surface area contributed by atoms with Crippen LogP contribution in [0.15, 0.2) is 36.4 Å². The van der Waals surface area contributed by atoms with Crippen molar-refractivity contribution in [2.45, 2.75) is 0 Å². The third kappa shape index (κ3) is 2.73. The van der Waals surface area contributed by atoms with Crippen molar-refractivity contribution in [3.63, 3.8) is 0 Å². The molecule has 0 atom stereocenters. The van der Waals surface area contributed by atoms with Gasteiger partial charge in [-0.1, -0.05) is 23.2 Å². The number of hydrogen-bond donors (Lipinski definition) is 1. The molecule has 1 heterocycles. The van der Waals surface area contributed by atoms with Crippen LogP contribution in [0.25, 0.3) is 0 Å². The number of carbonyl (C=O) groups is 2. The van der Waals surface area contributed by atoms with E-state index in [9.17, 15) is 9.59 Å². The van der Waals surface area contributed by atoms with Gasteiger partial charge >= 0.3 is 0 Å². The molecular formula is C15H9Cl2NO3. The monoisotopic (exact) mass is 321 g/mol.